The van der Waals surface area contributed by atoms with Crippen LogP contribution < -0.4 is 20.8 Å². The normalized spacial score (nSPS) is 32.9. The van der Waals surface area contributed by atoms with Gasteiger partial charge in [-0.05, 0) is 31.2 Å². The molecule has 35 heavy (non-hydrogen) atoms. The Morgan fingerprint density at radius 2 is 2.03 bits per heavy atom. The van der Waals surface area contributed by atoms with Crippen LogP contribution in [0.1, 0.15) is 42.1 Å². The minimum absolute atomic E-state index is 0.0522. The summed E-state index contributed by atoms with van der Waals surface area (Å²) in [7, 11) is -2.87. The predicted molar refractivity (Wildman–Crippen MR) is 122 cm³/mol. The van der Waals surface area contributed by atoms with Gasteiger partial charge in [0.05, 0.1) is 30.3 Å². The van der Waals surface area contributed by atoms with E-state index in [0.29, 0.717) is 25.3 Å². The van der Waals surface area contributed by atoms with Gasteiger partial charge in [-0.2, -0.15) is 8.42 Å². The number of fused-ring (bicyclic) bond motifs is 1. The van der Waals surface area contributed by atoms with Crippen LogP contribution in [0, 0.1) is 17.2 Å². The Balaban J connectivity index is 1.55. The summed E-state index contributed by atoms with van der Waals surface area (Å²) in [5, 5.41) is -0.227. The molecule has 12 heteroatoms. The number of halogens is 2. The summed E-state index contributed by atoms with van der Waals surface area (Å²) in [4.78, 5) is 27.5. The number of benzene rings is 1. The number of ether oxygens (including phenoxy) is 1. The lowest BCUT2D eigenvalue weighted by Gasteiger charge is -2.27. The lowest BCUT2D eigenvalue weighted by molar-refractivity contribution is 0.0746. The molecule has 1 aromatic heterocycles. The molecule has 1 saturated heterocycles. The highest BCUT2D eigenvalue weighted by Gasteiger charge is 2.72. The number of nitrogens with zero attached hydrogens (tertiary/aromatic N) is 2. The van der Waals surface area contributed by atoms with Gasteiger partial charge in [-0.15, -0.1) is 0 Å². The zero-order valence-corrected chi connectivity index (χ0v) is 20.0. The van der Waals surface area contributed by atoms with E-state index in [-0.39, 0.29) is 34.2 Å². The van der Waals surface area contributed by atoms with Crippen molar-refractivity contribution in [3.8, 4) is 5.75 Å². The summed E-state index contributed by atoms with van der Waals surface area (Å²) < 4.78 is 64.1. The topological polar surface area (TPSA) is 121 Å². The third-order valence-corrected chi connectivity index (χ3v) is 8.77. The van der Waals surface area contributed by atoms with Crippen molar-refractivity contribution in [2.45, 2.75) is 43.4 Å². The first-order valence-electron chi connectivity index (χ1n) is 11.5. The van der Waals surface area contributed by atoms with E-state index in [1.165, 1.54) is 11.7 Å². The van der Waals surface area contributed by atoms with Gasteiger partial charge in [-0.3, -0.25) is 4.79 Å². The van der Waals surface area contributed by atoms with Gasteiger partial charge in [0.1, 0.15) is 17.4 Å². The number of methoxy groups -OCH3 is 1. The third-order valence-electron chi connectivity index (χ3n) is 8.31. The quantitative estimate of drug-likeness (QED) is 0.607. The molecule has 3 aliphatic carbocycles. The van der Waals surface area contributed by atoms with E-state index in [0.717, 1.165) is 31.5 Å². The van der Waals surface area contributed by atoms with Gasteiger partial charge in [0, 0.05) is 36.7 Å². The van der Waals surface area contributed by atoms with Crippen LogP contribution in [-0.2, 0) is 14.3 Å². The largest absolute Gasteiger partial charge is 0.492 e. The second-order valence-electron chi connectivity index (χ2n) is 10.4. The van der Waals surface area contributed by atoms with Crippen molar-refractivity contribution in [3.05, 3.63) is 33.9 Å². The number of carbonyl (C=O) groups excluding carboxylic acids is 1. The Morgan fingerprint density at radius 3 is 2.60 bits per heavy atom. The van der Waals surface area contributed by atoms with Crippen LogP contribution in [0.15, 0.2) is 17.1 Å². The first-order chi connectivity index (χ1) is 16.4. The van der Waals surface area contributed by atoms with Crippen molar-refractivity contribution in [2.24, 2.45) is 17.1 Å². The van der Waals surface area contributed by atoms with Gasteiger partial charge < -0.3 is 24.1 Å². The molecule has 9 nitrogen and oxygen atoms in total. The van der Waals surface area contributed by atoms with Crippen molar-refractivity contribution in [3.63, 3.8) is 0 Å². The van der Waals surface area contributed by atoms with E-state index in [1.54, 1.807) is 0 Å². The summed E-state index contributed by atoms with van der Waals surface area (Å²) in [6, 6.07) is 0.276. The maximum Gasteiger partial charge on any atom is 0.359 e. The summed E-state index contributed by atoms with van der Waals surface area (Å²) in [6.07, 6.45) is 3.53. The average molecular weight is 510 g/mol. The van der Waals surface area contributed by atoms with E-state index in [1.807, 2.05) is 4.90 Å². The molecule has 1 aromatic carbocycles. The molecular weight excluding hydrogens is 484 g/mol. The lowest BCUT2D eigenvalue weighted by Crippen LogP contribution is -2.47. The zero-order valence-electron chi connectivity index (χ0n) is 19.2. The number of hydrogen-bond acceptors (Lipinski definition) is 8. The Bertz CT molecular complexity index is 1470. The fraction of sp³-hybridized carbons (Fsp3) is 0.565. The Morgan fingerprint density at radius 1 is 1.31 bits per heavy atom. The molecule has 0 radical (unpaired) electrons. The first kappa shape index (κ1) is 22.7. The van der Waals surface area contributed by atoms with Gasteiger partial charge in [0.15, 0.2) is 11.6 Å². The Hall–Kier alpha value is -2.73. The number of aromatic nitrogens is 1. The highest BCUT2D eigenvalue weighted by atomic mass is 32.2. The van der Waals surface area contributed by atoms with E-state index in [4.69, 9.17) is 10.5 Å². The zero-order chi connectivity index (χ0) is 25.1. The number of pyridine rings is 1. The van der Waals surface area contributed by atoms with Crippen LogP contribution in [0.25, 0.3) is 10.9 Å². The van der Waals surface area contributed by atoms with E-state index >= 15 is 4.39 Å². The molecule has 1 spiro atoms. The molecule has 2 heterocycles. The van der Waals surface area contributed by atoms with Gasteiger partial charge in [-0.25, -0.2) is 13.6 Å². The second kappa shape index (κ2) is 6.94. The summed E-state index contributed by atoms with van der Waals surface area (Å²) in [5.41, 5.74) is 4.99. The fourth-order valence-electron chi connectivity index (χ4n) is 6.49. The minimum atomic E-state index is -4.21. The molecule has 0 bridgehead atoms. The first-order valence-corrected chi connectivity index (χ1v) is 13.3. The summed E-state index contributed by atoms with van der Waals surface area (Å²) in [5.74, 6) is -1.58. The standard InChI is InChI=1S/C23H25F2N3O6S/c1-33-20-17-12(5-15(25)18(20)27-9-22-7-11(22)3-4-23(22,26)10-27)19(29)13(21(30)34-35(2,31)32)8-28(17)16-6-14(16)24/h5,8,11,14,16H,3-4,6-7,9-10,26H2,1-2H3/t11?,14-,16+,22?,23?/m0/s1. The molecule has 6 rings (SSSR count). The average Bonchev–Trinajstić information content (AvgIpc) is 3.61. The minimum Gasteiger partial charge on any atom is -0.492 e. The smallest absolute Gasteiger partial charge is 0.359 e. The van der Waals surface area contributed by atoms with Gasteiger partial charge in [0.25, 0.3) is 0 Å². The van der Waals surface area contributed by atoms with Crippen molar-refractivity contribution in [1.29, 1.82) is 0 Å². The highest BCUT2D eigenvalue weighted by molar-refractivity contribution is 7.86. The maximum absolute atomic E-state index is 15.7. The van der Waals surface area contributed by atoms with E-state index in [2.05, 4.69) is 4.18 Å². The molecule has 2 aromatic rings. The number of nitrogens with two attached hydrogens (primary N) is 1. The molecule has 3 saturated carbocycles. The predicted octanol–water partition coefficient (Wildman–Crippen LogP) is 1.87. The number of carbonyl (C=O) groups is 1. The van der Waals surface area contributed by atoms with Crippen molar-refractivity contribution >= 4 is 32.7 Å². The lowest BCUT2D eigenvalue weighted by atomic mass is 9.86. The Labute approximate surface area is 199 Å². The Kier molecular flexibility index (Phi) is 4.50. The van der Waals surface area contributed by atoms with Crippen molar-refractivity contribution in [2.75, 3.05) is 31.4 Å². The highest BCUT2D eigenvalue weighted by Crippen LogP contribution is 2.70. The van der Waals surface area contributed by atoms with Crippen LogP contribution >= 0.6 is 0 Å². The summed E-state index contributed by atoms with van der Waals surface area (Å²) in [6.45, 7) is 0.992. The molecule has 4 fully saturated rings. The number of anilines is 1. The molecule has 188 valence electrons. The van der Waals surface area contributed by atoms with Crippen LogP contribution in [-0.4, -0.2) is 57.1 Å². The number of hydrogen-bond donors (Lipinski definition) is 1. The molecule has 3 unspecified atom stereocenters. The van der Waals surface area contributed by atoms with E-state index in [9.17, 15) is 22.4 Å². The van der Waals surface area contributed by atoms with Crippen LogP contribution in [0.4, 0.5) is 14.5 Å². The van der Waals surface area contributed by atoms with Gasteiger partial charge in [0.2, 0.25) is 5.43 Å². The summed E-state index contributed by atoms with van der Waals surface area (Å²) >= 11 is 0. The second-order valence-corrected chi connectivity index (χ2v) is 12.0. The van der Waals surface area contributed by atoms with Crippen LogP contribution in [0.2, 0.25) is 0 Å². The monoisotopic (exact) mass is 509 g/mol. The fourth-order valence-corrected chi connectivity index (χ4v) is 6.86. The maximum atomic E-state index is 15.7. The number of alkyl halides is 1. The number of rotatable bonds is 5. The van der Waals surface area contributed by atoms with Crippen molar-refractivity contribution < 1.29 is 30.9 Å². The molecule has 5 atom stereocenters. The molecular formula is C23H25F2N3O6S. The third kappa shape index (κ3) is 3.15. The van der Waals surface area contributed by atoms with Crippen LogP contribution in [0.5, 0.6) is 5.75 Å². The molecule has 1 aliphatic heterocycles. The van der Waals surface area contributed by atoms with Crippen LogP contribution in [0.3, 0.4) is 0 Å². The van der Waals surface area contributed by atoms with Gasteiger partial charge >= 0.3 is 16.1 Å². The molecule has 2 N–H and O–H groups in total. The van der Waals surface area contributed by atoms with E-state index < -0.39 is 50.6 Å². The van der Waals surface area contributed by atoms with Crippen molar-refractivity contribution in [1.82, 2.24) is 4.57 Å². The van der Waals surface area contributed by atoms with Gasteiger partial charge in [-0.1, -0.05) is 0 Å². The SMILES string of the molecule is COc1c(N2CC3(N)CCC4CC43C2)c(F)cc2c(=O)c(C(=O)OS(C)(=O)=O)cn([C@@H]3C[C@@H]3F)c12. The molecule has 0 amide bonds. The molecule has 4 aliphatic rings.